The number of ether oxygens (including phenoxy) is 1. The zero-order valence-corrected chi connectivity index (χ0v) is 17.3. The fourth-order valence-corrected chi connectivity index (χ4v) is 6.91. The van der Waals surface area contributed by atoms with Crippen LogP contribution in [0.3, 0.4) is 0 Å². The Kier molecular flexibility index (Phi) is 4.67. The lowest BCUT2D eigenvalue weighted by molar-refractivity contribution is -0.166. The van der Waals surface area contributed by atoms with Crippen LogP contribution < -0.4 is 5.32 Å². The summed E-state index contributed by atoms with van der Waals surface area (Å²) in [5, 5.41) is 3.17. The molecule has 7 atom stereocenters. The summed E-state index contributed by atoms with van der Waals surface area (Å²) < 4.78 is 5.70. The van der Waals surface area contributed by atoms with Gasteiger partial charge in [-0.3, -0.25) is 4.79 Å². The topological polar surface area (TPSA) is 55.4 Å². The molecule has 0 bridgehead atoms. The van der Waals surface area contributed by atoms with Crippen LogP contribution in [0.25, 0.3) is 0 Å². The van der Waals surface area contributed by atoms with Gasteiger partial charge >= 0.3 is 5.97 Å². The van der Waals surface area contributed by atoms with Crippen molar-refractivity contribution in [2.75, 3.05) is 6.54 Å². The highest BCUT2D eigenvalue weighted by Gasteiger charge is 2.59. The second-order valence-corrected chi connectivity index (χ2v) is 10.5. The van der Waals surface area contributed by atoms with E-state index < -0.39 is 0 Å². The molecule has 4 heteroatoms. The molecular formula is C23H35NO3. The third-order valence-corrected chi connectivity index (χ3v) is 8.35. The van der Waals surface area contributed by atoms with E-state index in [1.807, 2.05) is 0 Å². The number of hydrogen-bond acceptors (Lipinski definition) is 3. The Labute approximate surface area is 163 Å². The standard InChI is InChI=1S/C23H35NO3/c1-14(2)13-24-21(26)15-11-18-16-5-6-19-23(4,10-8-20(25)27-19)17(16)7-9-22(18,3)12-15/h8,10,14-19H,5-7,9,11-13H2,1-4H3,(H,24,26)/t15?,16-,17-,18+,19?,22-,23-/m1/s1. The third-order valence-electron chi connectivity index (χ3n) is 8.35. The first-order valence-electron chi connectivity index (χ1n) is 10.9. The minimum absolute atomic E-state index is 0.0316. The van der Waals surface area contributed by atoms with Crippen LogP contribution >= 0.6 is 0 Å². The molecule has 1 heterocycles. The van der Waals surface area contributed by atoms with E-state index in [9.17, 15) is 9.59 Å². The lowest BCUT2D eigenvalue weighted by Gasteiger charge is -2.57. The Bertz CT molecular complexity index is 656. The van der Waals surface area contributed by atoms with Gasteiger partial charge in [-0.2, -0.15) is 0 Å². The fraction of sp³-hybridized carbons (Fsp3) is 0.826. The van der Waals surface area contributed by atoms with Crippen LogP contribution in [-0.2, 0) is 14.3 Å². The molecule has 1 amide bonds. The van der Waals surface area contributed by atoms with Crippen LogP contribution in [0.2, 0.25) is 0 Å². The Morgan fingerprint density at radius 2 is 2.04 bits per heavy atom. The van der Waals surface area contributed by atoms with Gasteiger partial charge in [0.2, 0.25) is 5.91 Å². The third kappa shape index (κ3) is 3.13. The summed E-state index contributed by atoms with van der Waals surface area (Å²) in [6, 6.07) is 0. The van der Waals surface area contributed by atoms with Crippen molar-refractivity contribution in [3.05, 3.63) is 12.2 Å². The monoisotopic (exact) mass is 373 g/mol. The van der Waals surface area contributed by atoms with E-state index in [-0.39, 0.29) is 29.3 Å². The number of hydrogen-bond donors (Lipinski definition) is 1. The minimum atomic E-state index is -0.181. The van der Waals surface area contributed by atoms with Crippen LogP contribution in [-0.4, -0.2) is 24.5 Å². The normalized spacial score (nSPS) is 45.7. The van der Waals surface area contributed by atoms with E-state index >= 15 is 0 Å². The van der Waals surface area contributed by atoms with Gasteiger partial charge in [-0.15, -0.1) is 0 Å². The van der Waals surface area contributed by atoms with Gasteiger partial charge < -0.3 is 10.1 Å². The molecule has 0 saturated heterocycles. The maximum Gasteiger partial charge on any atom is 0.330 e. The molecule has 150 valence electrons. The molecule has 4 rings (SSSR count). The van der Waals surface area contributed by atoms with Gasteiger partial charge in [0.25, 0.3) is 0 Å². The zero-order valence-electron chi connectivity index (χ0n) is 17.3. The molecule has 0 aromatic carbocycles. The van der Waals surface area contributed by atoms with E-state index in [1.54, 1.807) is 6.08 Å². The van der Waals surface area contributed by atoms with Gasteiger partial charge in [-0.1, -0.05) is 33.8 Å². The van der Waals surface area contributed by atoms with E-state index in [0.717, 1.165) is 32.2 Å². The number of carbonyl (C=O) groups is 2. The van der Waals surface area contributed by atoms with Crippen molar-refractivity contribution in [3.8, 4) is 0 Å². The number of esters is 1. The molecule has 3 saturated carbocycles. The summed E-state index contributed by atoms with van der Waals surface area (Å²) in [4.78, 5) is 24.5. The van der Waals surface area contributed by atoms with Crippen molar-refractivity contribution < 1.29 is 14.3 Å². The first-order chi connectivity index (χ1) is 12.7. The lowest BCUT2D eigenvalue weighted by Crippen LogP contribution is -2.54. The number of fused-ring (bicyclic) bond motifs is 5. The molecule has 1 aliphatic heterocycles. The summed E-state index contributed by atoms with van der Waals surface area (Å²) >= 11 is 0. The number of amides is 1. The average Bonchev–Trinajstić information content (AvgIpc) is 2.98. The lowest BCUT2D eigenvalue weighted by atomic mass is 9.49. The predicted octanol–water partition coefficient (Wildman–Crippen LogP) is 4.10. The SMILES string of the molecule is CC(C)CNC(=O)C1C[C@H]2[C@@H]3CCC4OC(=O)C=C[C@]4(C)[C@@H]3CC[C@]2(C)C1. The molecule has 27 heavy (non-hydrogen) atoms. The molecular weight excluding hydrogens is 338 g/mol. The molecule has 0 spiro atoms. The van der Waals surface area contributed by atoms with Crippen molar-refractivity contribution in [2.24, 2.45) is 40.4 Å². The number of nitrogens with one attached hydrogen (secondary N) is 1. The van der Waals surface area contributed by atoms with E-state index in [2.05, 4.69) is 39.1 Å². The predicted molar refractivity (Wildman–Crippen MR) is 105 cm³/mol. The highest BCUT2D eigenvalue weighted by molar-refractivity contribution is 5.83. The van der Waals surface area contributed by atoms with Gasteiger partial charge in [-0.05, 0) is 67.6 Å². The van der Waals surface area contributed by atoms with Crippen LogP contribution in [0.5, 0.6) is 0 Å². The Hall–Kier alpha value is -1.32. The summed E-state index contributed by atoms with van der Waals surface area (Å²) in [6.07, 6.45) is 10.4. The minimum Gasteiger partial charge on any atom is -0.458 e. The first-order valence-corrected chi connectivity index (χ1v) is 10.9. The Morgan fingerprint density at radius 1 is 1.26 bits per heavy atom. The van der Waals surface area contributed by atoms with Gasteiger partial charge in [0.1, 0.15) is 6.10 Å². The van der Waals surface area contributed by atoms with Crippen LogP contribution in [0, 0.1) is 40.4 Å². The van der Waals surface area contributed by atoms with E-state index in [1.165, 1.54) is 12.8 Å². The van der Waals surface area contributed by atoms with Gasteiger partial charge in [-0.25, -0.2) is 4.79 Å². The van der Waals surface area contributed by atoms with Crippen molar-refractivity contribution in [1.29, 1.82) is 0 Å². The summed E-state index contributed by atoms with van der Waals surface area (Å²) in [6.45, 7) is 9.78. The maximum absolute atomic E-state index is 12.7. The van der Waals surface area contributed by atoms with E-state index in [0.29, 0.717) is 29.1 Å². The summed E-state index contributed by atoms with van der Waals surface area (Å²) in [7, 11) is 0. The van der Waals surface area contributed by atoms with Gasteiger partial charge in [0.05, 0.1) is 0 Å². The molecule has 4 aliphatic rings. The maximum atomic E-state index is 12.7. The first kappa shape index (κ1) is 19.0. The zero-order chi connectivity index (χ0) is 19.4. The van der Waals surface area contributed by atoms with Gasteiger partial charge in [0, 0.05) is 24.0 Å². The second kappa shape index (κ2) is 6.63. The van der Waals surface area contributed by atoms with Crippen LogP contribution in [0.1, 0.15) is 66.2 Å². The second-order valence-electron chi connectivity index (χ2n) is 10.5. The molecule has 1 N–H and O–H groups in total. The van der Waals surface area contributed by atoms with E-state index in [4.69, 9.17) is 4.74 Å². The van der Waals surface area contributed by atoms with Crippen molar-refractivity contribution in [1.82, 2.24) is 5.32 Å². The Morgan fingerprint density at radius 3 is 2.78 bits per heavy atom. The van der Waals surface area contributed by atoms with Crippen LogP contribution in [0.15, 0.2) is 12.2 Å². The van der Waals surface area contributed by atoms with Crippen LogP contribution in [0.4, 0.5) is 0 Å². The molecule has 4 nitrogen and oxygen atoms in total. The molecule has 0 aromatic rings. The highest BCUT2D eigenvalue weighted by atomic mass is 16.5. The number of carbonyl (C=O) groups excluding carboxylic acids is 2. The van der Waals surface area contributed by atoms with Crippen molar-refractivity contribution in [2.45, 2.75) is 72.3 Å². The number of rotatable bonds is 3. The highest BCUT2D eigenvalue weighted by Crippen LogP contribution is 2.64. The molecule has 2 unspecified atom stereocenters. The van der Waals surface area contributed by atoms with Crippen molar-refractivity contribution >= 4 is 11.9 Å². The van der Waals surface area contributed by atoms with Gasteiger partial charge in [0.15, 0.2) is 0 Å². The largest absolute Gasteiger partial charge is 0.458 e. The average molecular weight is 374 g/mol. The summed E-state index contributed by atoms with van der Waals surface area (Å²) in [5.74, 6) is 2.58. The summed E-state index contributed by atoms with van der Waals surface area (Å²) in [5.41, 5.74) is 0.259. The molecule has 0 aromatic heterocycles. The molecule has 3 fully saturated rings. The fourth-order valence-electron chi connectivity index (χ4n) is 6.91. The smallest absolute Gasteiger partial charge is 0.330 e. The van der Waals surface area contributed by atoms with Crippen molar-refractivity contribution in [3.63, 3.8) is 0 Å². The Balaban J connectivity index is 1.52. The molecule has 3 aliphatic carbocycles. The molecule has 0 radical (unpaired) electrons. The quantitative estimate of drug-likeness (QED) is 0.758.